The number of hydrogen-bond donors (Lipinski definition) is 5. The van der Waals surface area contributed by atoms with E-state index >= 15 is 0 Å². The lowest BCUT2D eigenvalue weighted by Crippen LogP contribution is -2.50. The molecular weight excluding hydrogens is 1410 g/mol. The van der Waals surface area contributed by atoms with E-state index in [2.05, 4.69) is 40.5 Å². The zero-order valence-corrected chi connectivity index (χ0v) is 65.5. The zero-order valence-electron chi connectivity index (χ0n) is 62.5. The molecule has 4 aliphatic heterocycles. The summed E-state index contributed by atoms with van der Waals surface area (Å²) in [6.45, 7) is 42.0. The number of amides is 4. The third-order valence-corrected chi connectivity index (χ3v) is 14.5. The minimum Gasteiger partial charge on any atom is -0.466 e. The van der Waals surface area contributed by atoms with Crippen molar-refractivity contribution in [1.29, 1.82) is 0 Å². The molecule has 0 spiro atoms. The maximum Gasteiger partial charge on any atom is 0.519 e. The molecular formula is C71H112Cl4N8O19. The van der Waals surface area contributed by atoms with Gasteiger partial charge in [0.15, 0.2) is 0 Å². The van der Waals surface area contributed by atoms with Gasteiger partial charge in [0.1, 0.15) is 34.6 Å². The highest BCUT2D eigenvalue weighted by molar-refractivity contribution is 6.42. The first-order valence-electron chi connectivity index (χ1n) is 33.8. The number of esters is 1. The molecule has 7 rings (SSSR count). The number of carbonyl (C=O) groups is 7. The van der Waals surface area contributed by atoms with Gasteiger partial charge in [0.05, 0.1) is 84.1 Å². The van der Waals surface area contributed by atoms with Crippen molar-refractivity contribution in [1.82, 2.24) is 36.0 Å². The Morgan fingerprint density at radius 2 is 0.902 bits per heavy atom. The maximum absolute atomic E-state index is 12.2. The Balaban J connectivity index is 0.000000431. The van der Waals surface area contributed by atoms with E-state index in [4.69, 9.17) is 99.5 Å². The van der Waals surface area contributed by atoms with Crippen molar-refractivity contribution in [2.75, 3.05) is 112 Å². The van der Waals surface area contributed by atoms with Gasteiger partial charge in [0.2, 0.25) is 0 Å². The monoisotopic (exact) mass is 1520 g/mol. The molecule has 3 aromatic rings. The number of ether oxygens (including phenoxy) is 12. The summed E-state index contributed by atoms with van der Waals surface area (Å²) in [5.74, 6) is -0.211. The van der Waals surface area contributed by atoms with Crippen LogP contribution in [-0.2, 0) is 81.3 Å². The van der Waals surface area contributed by atoms with Gasteiger partial charge in [-0.25, -0.2) is 28.8 Å². The molecule has 4 atom stereocenters. The van der Waals surface area contributed by atoms with Crippen LogP contribution in [0.4, 0.5) is 28.8 Å². The van der Waals surface area contributed by atoms with Crippen LogP contribution in [0.25, 0.3) is 0 Å². The summed E-state index contributed by atoms with van der Waals surface area (Å²) in [6, 6.07) is 20.9. The Hall–Kier alpha value is -6.21. The largest absolute Gasteiger partial charge is 0.519 e. The summed E-state index contributed by atoms with van der Waals surface area (Å²) >= 11 is 23.9. The smallest absolute Gasteiger partial charge is 0.466 e. The van der Waals surface area contributed by atoms with Gasteiger partial charge >= 0.3 is 42.7 Å². The number of carbonyl (C=O) groups excluding carboxylic acids is 7. The standard InChI is InChI=1S/C18H26N2O5.C17H24Cl2N2O3.C12H16Cl2N2O.C10H20N2O3.C10H18O5.C4H8O2/c1-18(2,3)25-16(21)19-11-15-12-20(9-10-23-15)17(22)24-13-14-7-5-4-6-8-14;1-17(2,3)24-16(22)20-9-13-11-21(6-7-23-13)10-12-4-5-14(18)15(19)8-12;13-11-2-1-9(5-12(11)14)7-16-3-4-17-10(6-15)8-16;1-10(2,3)15-9(13)12-7-8-6-11-4-5-14-8;1-9(2,3)14-7(11)13-8(12)15-10(4,5)6;1-3-6-4(2)5/h4-8,15H,9-13H2,1-3H3,(H,19,21);4-5,8,13H,6-7,9-11H2,1-3H3,(H,20,22);1-2,5,10H,3-4,6-8,15H2;8,11H,4-7H2,1-3H3,(H,12,13);1-6H3;3H2,1-2H3/t15-;13-;10-;8-;;/m0001../s1. The molecule has 6 N–H and O–H groups in total. The minimum absolute atomic E-state index is 0.0475. The minimum atomic E-state index is -1.06. The van der Waals surface area contributed by atoms with Gasteiger partial charge in [-0.2, -0.15) is 0 Å². The molecule has 4 amide bonds. The molecule has 102 heavy (non-hydrogen) atoms. The molecule has 0 radical (unpaired) electrons. The number of morpholine rings is 4. The quantitative estimate of drug-likeness (QED) is 0.0569. The SMILES string of the molecule is CC(C)(C)OC(=O)NC[C@H]1CN(C(=O)OCc2ccccc2)CCO1.CC(C)(C)OC(=O)NC[C@H]1CN(Cc2ccc(Cl)c(Cl)c2)CCO1.CC(C)(C)OC(=O)NC[C@H]1CNCCO1.CC(C)(C)OC(=O)OC(=O)OC(C)(C)C.CCOC(C)=O.NC[C@H]1CN(Cc2ccc(Cl)c(Cl)c2)CCO1. The van der Waals surface area contributed by atoms with Crippen LogP contribution in [0, 0.1) is 0 Å². The van der Waals surface area contributed by atoms with Crippen molar-refractivity contribution in [3.63, 3.8) is 0 Å². The van der Waals surface area contributed by atoms with Crippen molar-refractivity contribution in [2.24, 2.45) is 5.73 Å². The summed E-state index contributed by atoms with van der Waals surface area (Å²) in [6.07, 6.45) is -3.97. The van der Waals surface area contributed by atoms with Gasteiger partial charge in [0.25, 0.3) is 0 Å². The van der Waals surface area contributed by atoms with E-state index in [1.807, 2.05) is 102 Å². The molecule has 0 aromatic heterocycles. The molecule has 4 aliphatic rings. The predicted octanol–water partition coefficient (Wildman–Crippen LogP) is 12.4. The molecule has 4 saturated heterocycles. The Morgan fingerprint density at radius 3 is 1.28 bits per heavy atom. The summed E-state index contributed by atoms with van der Waals surface area (Å²) < 4.78 is 61.3. The molecule has 4 fully saturated rings. The maximum atomic E-state index is 12.2. The first-order valence-corrected chi connectivity index (χ1v) is 35.3. The van der Waals surface area contributed by atoms with Crippen LogP contribution in [0.15, 0.2) is 66.7 Å². The van der Waals surface area contributed by atoms with Crippen LogP contribution in [0.3, 0.4) is 0 Å². The van der Waals surface area contributed by atoms with Crippen molar-refractivity contribution in [2.45, 2.75) is 190 Å². The number of hydrogen-bond acceptors (Lipinski definition) is 23. The Labute approximate surface area is 622 Å². The second-order valence-electron chi connectivity index (χ2n) is 28.5. The predicted molar refractivity (Wildman–Crippen MR) is 391 cm³/mol. The van der Waals surface area contributed by atoms with Crippen LogP contribution in [0.2, 0.25) is 20.1 Å². The van der Waals surface area contributed by atoms with Gasteiger partial charge in [-0.05, 0) is 152 Å². The fraction of sp³-hybridized carbons (Fsp3) is 0.648. The number of halogens is 4. The second kappa shape index (κ2) is 46.6. The molecule has 0 unspecified atom stereocenters. The van der Waals surface area contributed by atoms with Crippen LogP contribution < -0.4 is 27.0 Å². The van der Waals surface area contributed by atoms with E-state index in [-0.39, 0.29) is 49.6 Å². The average molecular weight is 1520 g/mol. The normalized spacial score (nSPS) is 17.9. The van der Waals surface area contributed by atoms with Gasteiger partial charge in [0, 0.05) is 92.0 Å². The molecule has 27 nitrogen and oxygen atoms in total. The topological polar surface area (TPSA) is 314 Å². The van der Waals surface area contributed by atoms with Gasteiger partial charge in [-0.15, -0.1) is 0 Å². The lowest BCUT2D eigenvalue weighted by atomic mass is 10.2. The Kier molecular flexibility index (Phi) is 42.0. The molecule has 578 valence electrons. The van der Waals surface area contributed by atoms with Crippen molar-refractivity contribution in [3.05, 3.63) is 104 Å². The Morgan fingerprint density at radius 1 is 0.500 bits per heavy atom. The van der Waals surface area contributed by atoms with Crippen molar-refractivity contribution < 1.29 is 90.4 Å². The van der Waals surface area contributed by atoms with E-state index in [9.17, 15) is 33.6 Å². The van der Waals surface area contributed by atoms with Gasteiger partial charge < -0.3 is 88.7 Å². The van der Waals surface area contributed by atoms with E-state index < -0.39 is 58.6 Å². The second-order valence-corrected chi connectivity index (χ2v) is 30.1. The average Bonchev–Trinajstić information content (AvgIpc) is 0.876. The first kappa shape index (κ1) is 91.9. The van der Waals surface area contributed by atoms with E-state index in [0.717, 1.165) is 75.7 Å². The van der Waals surface area contributed by atoms with Crippen LogP contribution in [-0.4, -0.2) is 221 Å². The highest BCUT2D eigenvalue weighted by Gasteiger charge is 2.29. The number of nitrogens with one attached hydrogen (secondary N) is 4. The van der Waals surface area contributed by atoms with E-state index in [0.29, 0.717) is 79.2 Å². The first-order chi connectivity index (χ1) is 47.5. The lowest BCUT2D eigenvalue weighted by Gasteiger charge is -2.33. The van der Waals surface area contributed by atoms with E-state index in [1.54, 1.807) is 80.2 Å². The molecule has 3 aromatic carbocycles. The van der Waals surface area contributed by atoms with Crippen molar-refractivity contribution >= 4 is 89.1 Å². The van der Waals surface area contributed by atoms with Crippen LogP contribution in [0.5, 0.6) is 0 Å². The number of benzene rings is 3. The zero-order chi connectivity index (χ0) is 76.9. The van der Waals surface area contributed by atoms with Gasteiger partial charge in [-0.3, -0.25) is 14.6 Å². The van der Waals surface area contributed by atoms with Crippen LogP contribution >= 0.6 is 46.4 Å². The molecule has 0 saturated carbocycles. The summed E-state index contributed by atoms with van der Waals surface area (Å²) in [5.41, 5.74) is 5.92. The number of alkyl carbamates (subject to hydrolysis) is 3. The summed E-state index contributed by atoms with van der Waals surface area (Å²) in [7, 11) is 0. The molecule has 0 aliphatic carbocycles. The Bertz CT molecular complexity index is 2970. The summed E-state index contributed by atoms with van der Waals surface area (Å²) in [5, 5.41) is 13.6. The number of rotatable bonds is 14. The number of nitrogens with two attached hydrogens (primary N) is 1. The highest BCUT2D eigenvalue weighted by Crippen LogP contribution is 2.26. The fourth-order valence-electron chi connectivity index (χ4n) is 8.82. The molecule has 31 heteroatoms. The van der Waals surface area contributed by atoms with Crippen molar-refractivity contribution in [3.8, 4) is 0 Å². The third kappa shape index (κ3) is 46.5. The molecule has 4 heterocycles. The lowest BCUT2D eigenvalue weighted by molar-refractivity contribution is -0.140. The van der Waals surface area contributed by atoms with E-state index in [1.165, 1.54) is 6.92 Å². The highest BCUT2D eigenvalue weighted by atomic mass is 35.5. The number of nitrogens with zero attached hydrogens (tertiary/aromatic N) is 3. The van der Waals surface area contributed by atoms with Gasteiger partial charge in [-0.1, -0.05) is 88.9 Å². The fourth-order valence-corrected chi connectivity index (χ4v) is 9.47. The molecule has 0 bridgehead atoms. The third-order valence-electron chi connectivity index (χ3n) is 13.0. The van der Waals surface area contributed by atoms with Crippen LogP contribution in [0.1, 0.15) is 134 Å². The summed E-state index contributed by atoms with van der Waals surface area (Å²) in [4.78, 5) is 84.9.